The maximum atomic E-state index is 12.6. The summed E-state index contributed by atoms with van der Waals surface area (Å²) in [6.07, 6.45) is 0.740. The average Bonchev–Trinajstić information content (AvgIpc) is 2.74. The SMILES string of the molecule is Cc1cc(S(=O)(=O)NCCCN2CCOCC2)ccc1NC(=O)c1ccccc1. The number of rotatable bonds is 8. The number of hydrogen-bond acceptors (Lipinski definition) is 5. The minimum absolute atomic E-state index is 0.194. The molecule has 8 heteroatoms. The maximum Gasteiger partial charge on any atom is 0.255 e. The fourth-order valence-electron chi connectivity index (χ4n) is 3.14. The van der Waals surface area contributed by atoms with E-state index in [1.54, 1.807) is 43.3 Å². The zero-order valence-electron chi connectivity index (χ0n) is 16.6. The number of hydrogen-bond donors (Lipinski definition) is 2. The Kier molecular flexibility index (Phi) is 7.38. The average molecular weight is 418 g/mol. The lowest BCUT2D eigenvalue weighted by Crippen LogP contribution is -2.38. The Hall–Kier alpha value is -2.26. The first-order valence-corrected chi connectivity index (χ1v) is 11.2. The Balaban J connectivity index is 1.55. The predicted molar refractivity (Wildman–Crippen MR) is 113 cm³/mol. The summed E-state index contributed by atoms with van der Waals surface area (Å²) in [5.74, 6) is -0.231. The zero-order valence-corrected chi connectivity index (χ0v) is 17.4. The summed E-state index contributed by atoms with van der Waals surface area (Å²) in [7, 11) is -3.59. The highest BCUT2D eigenvalue weighted by atomic mass is 32.2. The van der Waals surface area contributed by atoms with Gasteiger partial charge in [0.15, 0.2) is 0 Å². The molecule has 0 radical (unpaired) electrons. The van der Waals surface area contributed by atoms with Crippen LogP contribution in [0.4, 0.5) is 5.69 Å². The first-order valence-electron chi connectivity index (χ1n) is 9.72. The van der Waals surface area contributed by atoms with Crippen LogP contribution < -0.4 is 10.0 Å². The van der Waals surface area contributed by atoms with E-state index in [1.807, 2.05) is 6.07 Å². The Morgan fingerprint density at radius 1 is 1.10 bits per heavy atom. The second kappa shape index (κ2) is 9.98. The molecular formula is C21H27N3O4S. The number of nitrogens with one attached hydrogen (secondary N) is 2. The lowest BCUT2D eigenvalue weighted by Gasteiger charge is -2.26. The van der Waals surface area contributed by atoms with Crippen molar-refractivity contribution < 1.29 is 17.9 Å². The van der Waals surface area contributed by atoms with Crippen molar-refractivity contribution in [1.82, 2.24) is 9.62 Å². The van der Waals surface area contributed by atoms with Gasteiger partial charge in [-0.3, -0.25) is 9.69 Å². The van der Waals surface area contributed by atoms with Crippen LogP contribution in [-0.2, 0) is 14.8 Å². The van der Waals surface area contributed by atoms with E-state index in [1.165, 1.54) is 6.07 Å². The van der Waals surface area contributed by atoms with Crippen molar-refractivity contribution in [2.75, 3.05) is 44.7 Å². The summed E-state index contributed by atoms with van der Waals surface area (Å²) in [5, 5.41) is 2.82. The fourth-order valence-corrected chi connectivity index (χ4v) is 4.30. The molecule has 156 valence electrons. The molecular weight excluding hydrogens is 390 g/mol. The van der Waals surface area contributed by atoms with Crippen LogP contribution in [0.15, 0.2) is 53.4 Å². The first-order chi connectivity index (χ1) is 14.0. The highest BCUT2D eigenvalue weighted by Crippen LogP contribution is 2.20. The number of carbonyl (C=O) groups excluding carboxylic acids is 1. The number of amides is 1. The first kappa shape index (κ1) is 21.4. The highest BCUT2D eigenvalue weighted by Gasteiger charge is 2.16. The van der Waals surface area contributed by atoms with Crippen molar-refractivity contribution in [1.29, 1.82) is 0 Å². The fraction of sp³-hybridized carbons (Fsp3) is 0.381. The molecule has 1 amide bonds. The van der Waals surface area contributed by atoms with E-state index in [4.69, 9.17) is 4.74 Å². The lowest BCUT2D eigenvalue weighted by atomic mass is 10.1. The van der Waals surface area contributed by atoms with Crippen LogP contribution >= 0.6 is 0 Å². The zero-order chi connectivity index (χ0) is 20.7. The molecule has 1 aliphatic rings. The van der Waals surface area contributed by atoms with E-state index >= 15 is 0 Å². The van der Waals surface area contributed by atoms with Crippen molar-refractivity contribution in [2.45, 2.75) is 18.2 Å². The number of ether oxygens (including phenoxy) is 1. The molecule has 2 N–H and O–H groups in total. The van der Waals surface area contributed by atoms with Crippen LogP contribution in [0.25, 0.3) is 0 Å². The Morgan fingerprint density at radius 3 is 2.52 bits per heavy atom. The van der Waals surface area contributed by atoms with Crippen molar-refractivity contribution >= 4 is 21.6 Å². The molecule has 0 atom stereocenters. The quantitative estimate of drug-likeness (QED) is 0.643. The monoisotopic (exact) mass is 417 g/mol. The van der Waals surface area contributed by atoms with Gasteiger partial charge < -0.3 is 10.1 Å². The van der Waals surface area contributed by atoms with Gasteiger partial charge in [0.25, 0.3) is 5.91 Å². The number of sulfonamides is 1. The molecule has 0 aliphatic carbocycles. The number of anilines is 1. The minimum Gasteiger partial charge on any atom is -0.379 e. The molecule has 0 aromatic heterocycles. The van der Waals surface area contributed by atoms with Gasteiger partial charge in [-0.25, -0.2) is 13.1 Å². The summed E-state index contributed by atoms with van der Waals surface area (Å²) in [5.41, 5.74) is 1.82. The van der Waals surface area contributed by atoms with E-state index < -0.39 is 10.0 Å². The van der Waals surface area contributed by atoms with Crippen LogP contribution in [0.1, 0.15) is 22.3 Å². The van der Waals surface area contributed by atoms with E-state index in [9.17, 15) is 13.2 Å². The Bertz CT molecular complexity index is 926. The third-order valence-electron chi connectivity index (χ3n) is 4.84. The number of nitrogens with zero attached hydrogens (tertiary/aromatic N) is 1. The molecule has 2 aromatic carbocycles. The molecule has 3 rings (SSSR count). The van der Waals surface area contributed by atoms with Gasteiger partial charge >= 0.3 is 0 Å². The molecule has 1 saturated heterocycles. The van der Waals surface area contributed by atoms with Crippen LogP contribution in [0.3, 0.4) is 0 Å². The Labute approximate surface area is 172 Å². The number of benzene rings is 2. The molecule has 7 nitrogen and oxygen atoms in total. The molecule has 2 aromatic rings. The van der Waals surface area contributed by atoms with Crippen LogP contribution in [0.2, 0.25) is 0 Å². The molecule has 1 fully saturated rings. The normalized spacial score (nSPS) is 15.2. The van der Waals surface area contributed by atoms with Crippen LogP contribution in [0.5, 0.6) is 0 Å². The third-order valence-corrected chi connectivity index (χ3v) is 6.30. The summed E-state index contributed by atoms with van der Waals surface area (Å²) < 4.78 is 33.1. The van der Waals surface area contributed by atoms with Gasteiger partial charge in [0, 0.05) is 30.9 Å². The van der Waals surface area contributed by atoms with Gasteiger partial charge in [-0.1, -0.05) is 18.2 Å². The minimum atomic E-state index is -3.59. The predicted octanol–water partition coefficient (Wildman–Crippen LogP) is 2.25. The number of carbonyl (C=O) groups is 1. The van der Waals surface area contributed by atoms with Gasteiger partial charge in [0.2, 0.25) is 10.0 Å². The molecule has 0 bridgehead atoms. The summed E-state index contributed by atoms with van der Waals surface area (Å²) >= 11 is 0. The molecule has 0 spiro atoms. The second-order valence-corrected chi connectivity index (χ2v) is 8.77. The van der Waals surface area contributed by atoms with Crippen molar-refractivity contribution in [3.8, 4) is 0 Å². The van der Waals surface area contributed by atoms with Gasteiger partial charge in [-0.15, -0.1) is 0 Å². The molecule has 0 saturated carbocycles. The van der Waals surface area contributed by atoms with E-state index in [-0.39, 0.29) is 10.8 Å². The molecule has 1 aliphatic heterocycles. The summed E-state index contributed by atoms with van der Waals surface area (Å²) in [6.45, 7) is 6.25. The molecule has 0 unspecified atom stereocenters. The van der Waals surface area contributed by atoms with E-state index in [2.05, 4.69) is 14.9 Å². The van der Waals surface area contributed by atoms with Crippen LogP contribution in [0, 0.1) is 6.92 Å². The topological polar surface area (TPSA) is 87.7 Å². The van der Waals surface area contributed by atoms with Crippen molar-refractivity contribution in [3.05, 3.63) is 59.7 Å². The lowest BCUT2D eigenvalue weighted by molar-refractivity contribution is 0.0376. The van der Waals surface area contributed by atoms with Gasteiger partial charge in [-0.05, 0) is 55.8 Å². The van der Waals surface area contributed by atoms with E-state index in [0.717, 1.165) is 39.3 Å². The summed E-state index contributed by atoms with van der Waals surface area (Å²) in [6, 6.07) is 13.6. The van der Waals surface area contributed by atoms with Gasteiger partial charge in [-0.2, -0.15) is 0 Å². The Morgan fingerprint density at radius 2 is 1.83 bits per heavy atom. The van der Waals surface area contributed by atoms with Gasteiger partial charge in [0.05, 0.1) is 18.1 Å². The number of morpholine rings is 1. The smallest absolute Gasteiger partial charge is 0.255 e. The molecule has 29 heavy (non-hydrogen) atoms. The third kappa shape index (κ3) is 6.11. The molecule has 1 heterocycles. The van der Waals surface area contributed by atoms with Crippen molar-refractivity contribution in [3.63, 3.8) is 0 Å². The number of aryl methyl sites for hydroxylation is 1. The standard InChI is InChI=1S/C21H27N3O4S/c1-17-16-19(8-9-20(17)23-21(25)18-6-3-2-4-7-18)29(26,27)22-10-5-11-24-12-14-28-15-13-24/h2-4,6-9,16,22H,5,10-15H2,1H3,(H,23,25). The van der Waals surface area contributed by atoms with Crippen molar-refractivity contribution in [2.24, 2.45) is 0 Å². The highest BCUT2D eigenvalue weighted by molar-refractivity contribution is 7.89. The largest absolute Gasteiger partial charge is 0.379 e. The van der Waals surface area contributed by atoms with E-state index in [0.29, 0.717) is 23.4 Å². The van der Waals surface area contributed by atoms with Crippen LogP contribution in [-0.4, -0.2) is 58.6 Å². The second-order valence-electron chi connectivity index (χ2n) is 7.00. The summed E-state index contributed by atoms with van der Waals surface area (Å²) in [4.78, 5) is 14.8. The maximum absolute atomic E-state index is 12.6. The van der Waals surface area contributed by atoms with Gasteiger partial charge in [0.1, 0.15) is 0 Å².